The number of aromatic nitrogens is 2. The first kappa shape index (κ1) is 18.0. The Morgan fingerprint density at radius 3 is 2.54 bits per heavy atom. The number of nitrogen functional groups attached to an aromatic ring is 1. The van der Waals surface area contributed by atoms with Gasteiger partial charge < -0.3 is 10.6 Å². The van der Waals surface area contributed by atoms with E-state index in [4.69, 9.17) is 5.73 Å². The van der Waals surface area contributed by atoms with Crippen LogP contribution in [0.3, 0.4) is 0 Å². The van der Waals surface area contributed by atoms with Crippen molar-refractivity contribution in [3.05, 3.63) is 47.3 Å². The molecular formula is C19H28N4O. The van der Waals surface area contributed by atoms with Crippen molar-refractivity contribution in [3.63, 3.8) is 0 Å². The Kier molecular flexibility index (Phi) is 5.32. The third-order valence-electron chi connectivity index (χ3n) is 4.33. The number of anilines is 1. The molecule has 2 aromatic rings. The minimum absolute atomic E-state index is 0.0592. The Hall–Kier alpha value is -2.30. The van der Waals surface area contributed by atoms with Crippen molar-refractivity contribution in [1.82, 2.24) is 14.7 Å². The molecule has 0 aliphatic heterocycles. The molecule has 2 rings (SSSR count). The minimum atomic E-state index is 0.0592. The molecule has 1 heterocycles. The molecule has 2 N–H and O–H groups in total. The van der Waals surface area contributed by atoms with Gasteiger partial charge in [0.2, 0.25) is 5.91 Å². The number of hydrogen-bond acceptors (Lipinski definition) is 3. The maximum absolute atomic E-state index is 12.5. The Bertz CT molecular complexity index is 693. The van der Waals surface area contributed by atoms with E-state index in [0.717, 1.165) is 5.69 Å². The fourth-order valence-corrected chi connectivity index (χ4v) is 2.94. The standard InChI is InChI=1S/C19H28N4O/c1-19(2,3)15-9-7-6-8-14(15)13-22(4)18(24)11-10-17-16(20)12-21-23(17)5/h6-9,12H,10-11,13,20H2,1-5H3. The van der Waals surface area contributed by atoms with Crippen LogP contribution < -0.4 is 5.73 Å². The van der Waals surface area contributed by atoms with Crippen molar-refractivity contribution < 1.29 is 4.79 Å². The number of benzene rings is 1. The molecule has 1 amide bonds. The van der Waals surface area contributed by atoms with Gasteiger partial charge in [-0.25, -0.2) is 0 Å². The second-order valence-corrected chi connectivity index (χ2v) is 7.33. The zero-order valence-electron chi connectivity index (χ0n) is 15.3. The lowest BCUT2D eigenvalue weighted by atomic mass is 9.83. The van der Waals surface area contributed by atoms with Gasteiger partial charge in [-0.05, 0) is 16.5 Å². The summed E-state index contributed by atoms with van der Waals surface area (Å²) in [6.07, 6.45) is 2.66. The van der Waals surface area contributed by atoms with Crippen LogP contribution in [0.5, 0.6) is 0 Å². The van der Waals surface area contributed by atoms with Crippen LogP contribution in [-0.4, -0.2) is 27.6 Å². The molecule has 1 aromatic carbocycles. The van der Waals surface area contributed by atoms with Crippen molar-refractivity contribution >= 4 is 11.6 Å². The van der Waals surface area contributed by atoms with Crippen LogP contribution in [-0.2, 0) is 30.2 Å². The van der Waals surface area contributed by atoms with E-state index < -0.39 is 0 Å². The van der Waals surface area contributed by atoms with E-state index in [1.165, 1.54) is 11.1 Å². The lowest BCUT2D eigenvalue weighted by molar-refractivity contribution is -0.130. The average molecular weight is 328 g/mol. The van der Waals surface area contributed by atoms with Gasteiger partial charge in [0, 0.05) is 33.5 Å². The molecule has 0 bridgehead atoms. The highest BCUT2D eigenvalue weighted by atomic mass is 16.2. The van der Waals surface area contributed by atoms with Crippen molar-refractivity contribution in [2.45, 2.75) is 45.6 Å². The van der Waals surface area contributed by atoms with Gasteiger partial charge >= 0.3 is 0 Å². The summed E-state index contributed by atoms with van der Waals surface area (Å²) in [5.41, 5.74) is 9.97. The van der Waals surface area contributed by atoms with Crippen LogP contribution in [0.25, 0.3) is 0 Å². The largest absolute Gasteiger partial charge is 0.396 e. The fraction of sp³-hybridized carbons (Fsp3) is 0.474. The molecule has 0 saturated heterocycles. The van der Waals surface area contributed by atoms with Gasteiger partial charge in [-0.1, -0.05) is 45.0 Å². The SMILES string of the molecule is CN(Cc1ccccc1C(C)(C)C)C(=O)CCc1c(N)cnn1C. The summed E-state index contributed by atoms with van der Waals surface area (Å²) in [6.45, 7) is 7.20. The van der Waals surface area contributed by atoms with Gasteiger partial charge in [-0.2, -0.15) is 5.10 Å². The van der Waals surface area contributed by atoms with Gasteiger partial charge in [-0.3, -0.25) is 9.48 Å². The first-order valence-electron chi connectivity index (χ1n) is 8.29. The summed E-state index contributed by atoms with van der Waals surface area (Å²) in [5.74, 6) is 0.110. The molecular weight excluding hydrogens is 300 g/mol. The molecule has 0 aliphatic carbocycles. The number of rotatable bonds is 5. The molecule has 0 spiro atoms. The quantitative estimate of drug-likeness (QED) is 0.918. The number of nitrogens with zero attached hydrogens (tertiary/aromatic N) is 3. The molecule has 0 fully saturated rings. The maximum Gasteiger partial charge on any atom is 0.223 e. The van der Waals surface area contributed by atoms with Crippen LogP contribution in [0.2, 0.25) is 0 Å². The molecule has 0 aliphatic rings. The molecule has 0 radical (unpaired) electrons. The Morgan fingerprint density at radius 1 is 1.29 bits per heavy atom. The first-order chi connectivity index (χ1) is 11.2. The Labute approximate surface area is 144 Å². The normalized spacial score (nSPS) is 11.5. The molecule has 24 heavy (non-hydrogen) atoms. The van der Waals surface area contributed by atoms with Gasteiger partial charge in [0.15, 0.2) is 0 Å². The number of amides is 1. The number of hydrogen-bond donors (Lipinski definition) is 1. The minimum Gasteiger partial charge on any atom is -0.396 e. The molecule has 5 heteroatoms. The van der Waals surface area contributed by atoms with Crippen LogP contribution in [0, 0.1) is 0 Å². The third-order valence-corrected chi connectivity index (χ3v) is 4.33. The van der Waals surface area contributed by atoms with Crippen LogP contribution in [0.1, 0.15) is 44.0 Å². The number of nitrogens with two attached hydrogens (primary N) is 1. The molecule has 0 saturated carbocycles. The van der Waals surface area contributed by atoms with Gasteiger partial charge in [-0.15, -0.1) is 0 Å². The summed E-state index contributed by atoms with van der Waals surface area (Å²) in [7, 11) is 3.70. The van der Waals surface area contributed by atoms with E-state index in [1.54, 1.807) is 15.8 Å². The average Bonchev–Trinajstić information content (AvgIpc) is 2.83. The Balaban J connectivity index is 2.02. The lowest BCUT2D eigenvalue weighted by Gasteiger charge is -2.26. The van der Waals surface area contributed by atoms with Crippen molar-refractivity contribution in [2.75, 3.05) is 12.8 Å². The Morgan fingerprint density at radius 2 is 1.96 bits per heavy atom. The number of aryl methyl sites for hydroxylation is 1. The zero-order chi connectivity index (χ0) is 17.9. The summed E-state index contributed by atoms with van der Waals surface area (Å²) < 4.78 is 1.73. The van der Waals surface area contributed by atoms with Gasteiger partial charge in [0.05, 0.1) is 17.6 Å². The predicted octanol–water partition coefficient (Wildman–Crippen LogP) is 2.89. The first-order valence-corrected chi connectivity index (χ1v) is 8.29. The summed E-state index contributed by atoms with van der Waals surface area (Å²) in [4.78, 5) is 14.3. The van der Waals surface area contributed by atoms with E-state index in [0.29, 0.717) is 25.1 Å². The van der Waals surface area contributed by atoms with Gasteiger partial charge in [0.25, 0.3) is 0 Å². The second kappa shape index (κ2) is 7.07. The van der Waals surface area contributed by atoms with Crippen molar-refractivity contribution in [1.29, 1.82) is 0 Å². The highest BCUT2D eigenvalue weighted by molar-refractivity contribution is 5.76. The zero-order valence-corrected chi connectivity index (χ0v) is 15.3. The van der Waals surface area contributed by atoms with Crippen LogP contribution in [0.15, 0.2) is 30.5 Å². The van der Waals surface area contributed by atoms with Crippen LogP contribution >= 0.6 is 0 Å². The summed E-state index contributed by atoms with van der Waals surface area (Å²) in [6, 6.07) is 8.32. The smallest absolute Gasteiger partial charge is 0.223 e. The maximum atomic E-state index is 12.5. The number of carbonyl (C=O) groups excluding carboxylic acids is 1. The molecule has 0 unspecified atom stereocenters. The summed E-state index contributed by atoms with van der Waals surface area (Å²) >= 11 is 0. The third kappa shape index (κ3) is 4.16. The second-order valence-electron chi connectivity index (χ2n) is 7.33. The van der Waals surface area contributed by atoms with Gasteiger partial charge in [0.1, 0.15) is 0 Å². The predicted molar refractivity (Wildman–Crippen MR) is 97.6 cm³/mol. The van der Waals surface area contributed by atoms with E-state index in [-0.39, 0.29) is 11.3 Å². The lowest BCUT2D eigenvalue weighted by Crippen LogP contribution is -2.28. The van der Waals surface area contributed by atoms with Crippen molar-refractivity contribution in [2.24, 2.45) is 7.05 Å². The molecule has 5 nitrogen and oxygen atoms in total. The highest BCUT2D eigenvalue weighted by Crippen LogP contribution is 2.26. The monoisotopic (exact) mass is 328 g/mol. The molecule has 130 valence electrons. The molecule has 1 aromatic heterocycles. The van der Waals surface area contributed by atoms with E-state index in [1.807, 2.05) is 20.2 Å². The molecule has 0 atom stereocenters. The topological polar surface area (TPSA) is 64.2 Å². The number of carbonyl (C=O) groups is 1. The van der Waals surface area contributed by atoms with Crippen molar-refractivity contribution in [3.8, 4) is 0 Å². The highest BCUT2D eigenvalue weighted by Gasteiger charge is 2.19. The van der Waals surface area contributed by atoms with E-state index in [9.17, 15) is 4.79 Å². The summed E-state index contributed by atoms with van der Waals surface area (Å²) in [5, 5.41) is 4.11. The van der Waals surface area contributed by atoms with Crippen LogP contribution in [0.4, 0.5) is 5.69 Å². The van der Waals surface area contributed by atoms with E-state index >= 15 is 0 Å². The van der Waals surface area contributed by atoms with E-state index in [2.05, 4.69) is 44.1 Å². The fourth-order valence-electron chi connectivity index (χ4n) is 2.94.